The summed E-state index contributed by atoms with van der Waals surface area (Å²) in [6.45, 7) is 1.90. The summed E-state index contributed by atoms with van der Waals surface area (Å²) in [6.07, 6.45) is 2.77. The molecule has 2 aromatic carbocycles. The third-order valence-corrected chi connectivity index (χ3v) is 3.73. The number of benzene rings is 2. The van der Waals surface area contributed by atoms with E-state index in [2.05, 4.69) is 20.9 Å². The standard InChI is InChI=1S/C17H12BrNO3/c1-10-2-4-15(20)14(6-10)19-8-11-9-22-16-5-3-12(18)7-13(16)17(11)21/h2-9,20H,1H3. The molecular weight excluding hydrogens is 346 g/mol. The Kier molecular flexibility index (Phi) is 3.81. The summed E-state index contributed by atoms with van der Waals surface area (Å²) in [7, 11) is 0. The van der Waals surface area contributed by atoms with Crippen LogP contribution in [0.25, 0.3) is 11.0 Å². The summed E-state index contributed by atoms with van der Waals surface area (Å²) in [6, 6.07) is 10.4. The van der Waals surface area contributed by atoms with E-state index in [0.717, 1.165) is 10.0 Å². The molecule has 1 N–H and O–H groups in total. The lowest BCUT2D eigenvalue weighted by molar-refractivity contribution is 0.477. The molecule has 110 valence electrons. The predicted molar refractivity (Wildman–Crippen MR) is 90.3 cm³/mol. The van der Waals surface area contributed by atoms with E-state index < -0.39 is 0 Å². The third kappa shape index (κ3) is 2.80. The van der Waals surface area contributed by atoms with Crippen molar-refractivity contribution in [1.82, 2.24) is 0 Å². The molecule has 0 saturated carbocycles. The van der Waals surface area contributed by atoms with Crippen molar-refractivity contribution in [3.8, 4) is 5.75 Å². The van der Waals surface area contributed by atoms with Gasteiger partial charge in [-0.3, -0.25) is 9.79 Å². The number of aryl methyl sites for hydroxylation is 1. The molecule has 22 heavy (non-hydrogen) atoms. The molecule has 3 aromatic rings. The number of hydrogen-bond acceptors (Lipinski definition) is 4. The Hall–Kier alpha value is -2.40. The molecule has 0 fully saturated rings. The highest BCUT2D eigenvalue weighted by Crippen LogP contribution is 2.26. The second-order valence-electron chi connectivity index (χ2n) is 4.91. The smallest absolute Gasteiger partial charge is 0.201 e. The Labute approximate surface area is 134 Å². The van der Waals surface area contributed by atoms with Gasteiger partial charge in [0.05, 0.1) is 10.9 Å². The van der Waals surface area contributed by atoms with Crippen LogP contribution in [-0.2, 0) is 0 Å². The van der Waals surface area contributed by atoms with Gasteiger partial charge in [-0.05, 0) is 42.8 Å². The van der Waals surface area contributed by atoms with Gasteiger partial charge in [0, 0.05) is 10.7 Å². The van der Waals surface area contributed by atoms with Gasteiger partial charge in [-0.25, -0.2) is 0 Å². The molecule has 3 rings (SSSR count). The van der Waals surface area contributed by atoms with Crippen LogP contribution in [0.15, 0.2) is 61.3 Å². The molecule has 0 amide bonds. The van der Waals surface area contributed by atoms with Crippen LogP contribution in [0.3, 0.4) is 0 Å². The van der Waals surface area contributed by atoms with Gasteiger partial charge in [0.15, 0.2) is 0 Å². The number of aliphatic imine (C=N–C) groups is 1. The monoisotopic (exact) mass is 357 g/mol. The minimum atomic E-state index is -0.168. The minimum absolute atomic E-state index is 0.0646. The van der Waals surface area contributed by atoms with E-state index in [-0.39, 0.29) is 11.2 Å². The van der Waals surface area contributed by atoms with E-state index in [1.807, 2.05) is 13.0 Å². The number of phenolic OH excluding ortho intramolecular Hbond substituents is 1. The van der Waals surface area contributed by atoms with E-state index in [4.69, 9.17) is 4.42 Å². The van der Waals surface area contributed by atoms with E-state index in [9.17, 15) is 9.90 Å². The Morgan fingerprint density at radius 1 is 1.23 bits per heavy atom. The quantitative estimate of drug-likeness (QED) is 0.694. The molecule has 1 aromatic heterocycles. The van der Waals surface area contributed by atoms with Crippen LogP contribution in [0.2, 0.25) is 0 Å². The molecule has 0 radical (unpaired) electrons. The van der Waals surface area contributed by atoms with E-state index in [1.54, 1.807) is 30.3 Å². The number of fused-ring (bicyclic) bond motifs is 1. The van der Waals surface area contributed by atoms with Gasteiger partial charge in [-0.15, -0.1) is 0 Å². The topological polar surface area (TPSA) is 62.8 Å². The highest BCUT2D eigenvalue weighted by atomic mass is 79.9. The van der Waals surface area contributed by atoms with Crippen molar-refractivity contribution in [2.24, 2.45) is 4.99 Å². The molecule has 0 atom stereocenters. The predicted octanol–water partition coefficient (Wildman–Crippen LogP) is 4.32. The fourth-order valence-corrected chi connectivity index (χ4v) is 2.44. The SMILES string of the molecule is Cc1ccc(O)c(N=Cc2coc3ccc(Br)cc3c2=O)c1. The summed E-state index contributed by atoms with van der Waals surface area (Å²) >= 11 is 3.34. The van der Waals surface area contributed by atoms with Crippen molar-refractivity contribution >= 4 is 38.8 Å². The molecule has 0 aliphatic carbocycles. The third-order valence-electron chi connectivity index (χ3n) is 3.23. The fourth-order valence-electron chi connectivity index (χ4n) is 2.08. The van der Waals surface area contributed by atoms with Crippen LogP contribution in [0.4, 0.5) is 5.69 Å². The maximum absolute atomic E-state index is 12.4. The first kappa shape index (κ1) is 14.5. The lowest BCUT2D eigenvalue weighted by Crippen LogP contribution is -2.07. The van der Waals surface area contributed by atoms with Crippen LogP contribution < -0.4 is 5.43 Å². The maximum atomic E-state index is 12.4. The van der Waals surface area contributed by atoms with Crippen molar-refractivity contribution in [2.75, 3.05) is 0 Å². The first-order valence-corrected chi connectivity index (χ1v) is 7.38. The molecule has 0 bridgehead atoms. The van der Waals surface area contributed by atoms with E-state index in [0.29, 0.717) is 22.2 Å². The Morgan fingerprint density at radius 3 is 2.86 bits per heavy atom. The van der Waals surface area contributed by atoms with Gasteiger partial charge in [0.1, 0.15) is 23.3 Å². The van der Waals surface area contributed by atoms with Gasteiger partial charge in [-0.1, -0.05) is 22.0 Å². The molecule has 0 spiro atoms. The summed E-state index contributed by atoms with van der Waals surface area (Å²) in [5, 5.41) is 10.2. The van der Waals surface area contributed by atoms with Crippen LogP contribution in [0.1, 0.15) is 11.1 Å². The molecule has 0 unspecified atom stereocenters. The average molecular weight is 358 g/mol. The molecule has 0 aliphatic heterocycles. The Balaban J connectivity index is 2.07. The number of nitrogens with zero attached hydrogens (tertiary/aromatic N) is 1. The number of hydrogen-bond donors (Lipinski definition) is 1. The van der Waals surface area contributed by atoms with Crippen molar-refractivity contribution in [3.05, 3.63) is 68.5 Å². The van der Waals surface area contributed by atoms with Crippen molar-refractivity contribution in [2.45, 2.75) is 6.92 Å². The zero-order valence-corrected chi connectivity index (χ0v) is 13.3. The lowest BCUT2D eigenvalue weighted by atomic mass is 10.2. The van der Waals surface area contributed by atoms with Gasteiger partial charge in [0.2, 0.25) is 5.43 Å². The molecular formula is C17H12BrNO3. The van der Waals surface area contributed by atoms with Crippen molar-refractivity contribution in [3.63, 3.8) is 0 Å². The van der Waals surface area contributed by atoms with E-state index >= 15 is 0 Å². The largest absolute Gasteiger partial charge is 0.506 e. The first-order valence-electron chi connectivity index (χ1n) is 6.59. The highest BCUT2D eigenvalue weighted by Gasteiger charge is 2.06. The molecule has 5 heteroatoms. The summed E-state index contributed by atoms with van der Waals surface area (Å²) in [5.41, 5.74) is 2.06. The van der Waals surface area contributed by atoms with Crippen molar-refractivity contribution in [1.29, 1.82) is 0 Å². The fraction of sp³-hybridized carbons (Fsp3) is 0.0588. The number of phenols is 1. The normalized spacial score (nSPS) is 11.4. The van der Waals surface area contributed by atoms with Gasteiger partial charge >= 0.3 is 0 Å². The summed E-state index contributed by atoms with van der Waals surface area (Å²) in [5.74, 6) is 0.0646. The number of halogens is 1. The second-order valence-corrected chi connectivity index (χ2v) is 5.83. The van der Waals surface area contributed by atoms with Crippen molar-refractivity contribution < 1.29 is 9.52 Å². The summed E-state index contributed by atoms with van der Waals surface area (Å²) in [4.78, 5) is 16.6. The zero-order valence-electron chi connectivity index (χ0n) is 11.7. The highest BCUT2D eigenvalue weighted by molar-refractivity contribution is 9.10. The van der Waals surface area contributed by atoms with Gasteiger partial charge < -0.3 is 9.52 Å². The minimum Gasteiger partial charge on any atom is -0.506 e. The summed E-state index contributed by atoms with van der Waals surface area (Å²) < 4.78 is 6.25. The molecule has 1 heterocycles. The average Bonchev–Trinajstić information content (AvgIpc) is 2.50. The Bertz CT molecular complexity index is 944. The van der Waals surface area contributed by atoms with Crippen LogP contribution in [0.5, 0.6) is 5.75 Å². The Morgan fingerprint density at radius 2 is 2.05 bits per heavy atom. The van der Waals surface area contributed by atoms with Crippen LogP contribution >= 0.6 is 15.9 Å². The molecule has 4 nitrogen and oxygen atoms in total. The maximum Gasteiger partial charge on any atom is 0.201 e. The number of aromatic hydroxyl groups is 1. The van der Waals surface area contributed by atoms with Gasteiger partial charge in [-0.2, -0.15) is 0 Å². The van der Waals surface area contributed by atoms with Crippen LogP contribution in [-0.4, -0.2) is 11.3 Å². The second kappa shape index (κ2) is 5.77. The molecule has 0 aliphatic rings. The van der Waals surface area contributed by atoms with Gasteiger partial charge in [0.25, 0.3) is 0 Å². The molecule has 0 saturated heterocycles. The van der Waals surface area contributed by atoms with E-state index in [1.165, 1.54) is 12.5 Å². The zero-order chi connectivity index (χ0) is 15.7. The lowest BCUT2D eigenvalue weighted by Gasteiger charge is -2.01. The number of rotatable bonds is 2. The van der Waals surface area contributed by atoms with Crippen LogP contribution in [0, 0.1) is 6.92 Å². The first-order chi connectivity index (χ1) is 10.5.